The minimum atomic E-state index is 0.107. The summed E-state index contributed by atoms with van der Waals surface area (Å²) in [6, 6.07) is 7.71. The molecule has 2 nitrogen and oxygen atoms in total. The van der Waals surface area contributed by atoms with Gasteiger partial charge in [0.2, 0.25) is 0 Å². The zero-order valence-electron chi connectivity index (χ0n) is 8.43. The van der Waals surface area contributed by atoms with E-state index in [1.54, 1.807) is 24.5 Å². The molecule has 1 heterocycles. The van der Waals surface area contributed by atoms with Gasteiger partial charge in [-0.05, 0) is 18.6 Å². The van der Waals surface area contributed by atoms with Crippen LogP contribution in [0.25, 0.3) is 0 Å². The maximum absolute atomic E-state index is 11.2. The summed E-state index contributed by atoms with van der Waals surface area (Å²) < 4.78 is 0. The number of carbonyl (C=O) groups excluding carboxylic acids is 1. The first-order chi connectivity index (χ1) is 7.25. The molecule has 0 fully saturated rings. The van der Waals surface area contributed by atoms with Gasteiger partial charge < -0.3 is 0 Å². The Morgan fingerprint density at radius 3 is 3.00 bits per heavy atom. The first-order valence-electron chi connectivity index (χ1n) is 4.74. The monoisotopic (exact) mass is 217 g/mol. The largest absolute Gasteiger partial charge is 0.295 e. The molecule has 0 amide bonds. The first kappa shape index (κ1) is 10.1. The molecule has 0 radical (unpaired) electrons. The van der Waals surface area contributed by atoms with E-state index in [1.807, 2.05) is 29.6 Å². The van der Waals surface area contributed by atoms with Crippen LogP contribution in [-0.4, -0.2) is 10.8 Å². The van der Waals surface area contributed by atoms with Crippen LogP contribution in [0.4, 0.5) is 0 Å². The number of Topliss-reactive ketones (excluding diaryl/α,β-unsaturated/α-hetero) is 1. The molecule has 0 unspecified atom stereocenters. The van der Waals surface area contributed by atoms with Gasteiger partial charge in [0.05, 0.1) is 5.01 Å². The highest BCUT2D eigenvalue weighted by Crippen LogP contribution is 2.13. The fraction of sp³-hybridized carbons (Fsp3) is 0.167. The average Bonchev–Trinajstić information content (AvgIpc) is 2.71. The normalized spacial score (nSPS) is 10.2. The number of rotatable bonds is 3. The van der Waals surface area contributed by atoms with Gasteiger partial charge in [0, 0.05) is 23.6 Å². The van der Waals surface area contributed by atoms with Crippen LogP contribution in [0, 0.1) is 0 Å². The van der Waals surface area contributed by atoms with Crippen LogP contribution in [0.5, 0.6) is 0 Å². The number of benzene rings is 1. The molecule has 2 rings (SSSR count). The molecule has 0 saturated heterocycles. The molecule has 0 N–H and O–H groups in total. The molecular weight excluding hydrogens is 206 g/mol. The number of carbonyl (C=O) groups is 1. The number of hydrogen-bond donors (Lipinski definition) is 0. The molecule has 0 aliphatic carbocycles. The Balaban J connectivity index is 2.22. The second-order valence-electron chi connectivity index (χ2n) is 3.36. The van der Waals surface area contributed by atoms with E-state index in [2.05, 4.69) is 4.98 Å². The Hall–Kier alpha value is -1.48. The molecule has 76 valence electrons. The van der Waals surface area contributed by atoms with Crippen LogP contribution >= 0.6 is 11.3 Å². The van der Waals surface area contributed by atoms with E-state index < -0.39 is 0 Å². The van der Waals surface area contributed by atoms with Gasteiger partial charge in [-0.1, -0.05) is 18.2 Å². The van der Waals surface area contributed by atoms with Crippen LogP contribution in [0.1, 0.15) is 27.9 Å². The highest BCUT2D eigenvalue weighted by molar-refractivity contribution is 7.09. The van der Waals surface area contributed by atoms with Crippen molar-refractivity contribution in [1.29, 1.82) is 0 Å². The maximum atomic E-state index is 11.2. The summed E-state index contributed by atoms with van der Waals surface area (Å²) in [6.07, 6.45) is 2.60. The quantitative estimate of drug-likeness (QED) is 0.740. The van der Waals surface area contributed by atoms with Crippen molar-refractivity contribution in [2.45, 2.75) is 13.3 Å². The summed E-state index contributed by atoms with van der Waals surface area (Å²) in [5.74, 6) is 0.107. The molecule has 1 aromatic carbocycles. The summed E-state index contributed by atoms with van der Waals surface area (Å²) in [5.41, 5.74) is 1.90. The highest BCUT2D eigenvalue weighted by atomic mass is 32.1. The number of hydrogen-bond acceptors (Lipinski definition) is 3. The zero-order valence-corrected chi connectivity index (χ0v) is 9.25. The van der Waals surface area contributed by atoms with E-state index in [9.17, 15) is 4.79 Å². The number of ketones is 1. The topological polar surface area (TPSA) is 30.0 Å². The van der Waals surface area contributed by atoms with E-state index >= 15 is 0 Å². The molecule has 3 heteroatoms. The third kappa shape index (κ3) is 2.50. The van der Waals surface area contributed by atoms with Crippen molar-refractivity contribution in [2.24, 2.45) is 0 Å². The molecule has 0 aliphatic heterocycles. The van der Waals surface area contributed by atoms with Crippen molar-refractivity contribution in [3.8, 4) is 0 Å². The van der Waals surface area contributed by atoms with Crippen LogP contribution in [-0.2, 0) is 6.42 Å². The van der Waals surface area contributed by atoms with Gasteiger partial charge in [-0.2, -0.15) is 0 Å². The van der Waals surface area contributed by atoms with Gasteiger partial charge in [-0.25, -0.2) is 4.98 Å². The fourth-order valence-electron chi connectivity index (χ4n) is 1.42. The first-order valence-corrected chi connectivity index (χ1v) is 5.62. The van der Waals surface area contributed by atoms with Crippen LogP contribution in [0.2, 0.25) is 0 Å². The molecule has 0 saturated carbocycles. The van der Waals surface area contributed by atoms with Gasteiger partial charge in [0.15, 0.2) is 5.78 Å². The van der Waals surface area contributed by atoms with Crippen LogP contribution < -0.4 is 0 Å². The summed E-state index contributed by atoms with van der Waals surface area (Å²) >= 11 is 1.64. The van der Waals surface area contributed by atoms with Gasteiger partial charge in [0.25, 0.3) is 0 Å². The summed E-state index contributed by atoms with van der Waals surface area (Å²) in [6.45, 7) is 1.59. The molecular formula is C12H11NOS. The van der Waals surface area contributed by atoms with Crippen molar-refractivity contribution in [3.63, 3.8) is 0 Å². The molecule has 15 heavy (non-hydrogen) atoms. The van der Waals surface area contributed by atoms with Gasteiger partial charge in [-0.15, -0.1) is 11.3 Å². The molecule has 2 aromatic rings. The van der Waals surface area contributed by atoms with Crippen molar-refractivity contribution in [2.75, 3.05) is 0 Å². The Bertz CT molecular complexity index is 462. The van der Waals surface area contributed by atoms with Crippen molar-refractivity contribution in [3.05, 3.63) is 52.0 Å². The van der Waals surface area contributed by atoms with Gasteiger partial charge in [-0.3, -0.25) is 4.79 Å². The second kappa shape index (κ2) is 4.36. The number of aromatic nitrogens is 1. The molecule has 0 atom stereocenters. The number of nitrogens with zero attached hydrogens (tertiary/aromatic N) is 1. The second-order valence-corrected chi connectivity index (χ2v) is 4.34. The van der Waals surface area contributed by atoms with Crippen LogP contribution in [0.15, 0.2) is 35.8 Å². The predicted octanol–water partition coefficient (Wildman–Crippen LogP) is 2.94. The third-order valence-corrected chi connectivity index (χ3v) is 2.95. The fourth-order valence-corrected chi connectivity index (χ4v) is 2.07. The van der Waals surface area contributed by atoms with E-state index in [0.717, 1.165) is 22.6 Å². The Morgan fingerprint density at radius 2 is 2.33 bits per heavy atom. The lowest BCUT2D eigenvalue weighted by Gasteiger charge is -2.00. The SMILES string of the molecule is CC(=O)c1cccc(Cc2nccs2)c1. The minimum absolute atomic E-state index is 0.107. The van der Waals surface area contributed by atoms with Crippen LogP contribution in [0.3, 0.4) is 0 Å². The summed E-state index contributed by atoms with van der Waals surface area (Å²) in [5, 5.41) is 3.04. The molecule has 1 aromatic heterocycles. The summed E-state index contributed by atoms with van der Waals surface area (Å²) in [4.78, 5) is 15.4. The smallest absolute Gasteiger partial charge is 0.159 e. The van der Waals surface area contributed by atoms with E-state index in [1.165, 1.54) is 0 Å². The average molecular weight is 217 g/mol. The van der Waals surface area contributed by atoms with E-state index in [0.29, 0.717) is 0 Å². The lowest BCUT2D eigenvalue weighted by atomic mass is 10.1. The Labute approximate surface area is 92.6 Å². The Kier molecular flexibility index (Phi) is 2.92. The van der Waals surface area contributed by atoms with E-state index in [-0.39, 0.29) is 5.78 Å². The third-order valence-electron chi connectivity index (χ3n) is 2.17. The minimum Gasteiger partial charge on any atom is -0.295 e. The standard InChI is InChI=1S/C12H11NOS/c1-9(14)11-4-2-3-10(7-11)8-12-13-5-6-15-12/h2-7H,8H2,1H3. The Morgan fingerprint density at radius 1 is 1.47 bits per heavy atom. The number of thiazole rings is 1. The predicted molar refractivity (Wildman–Crippen MR) is 61.4 cm³/mol. The highest BCUT2D eigenvalue weighted by Gasteiger charge is 2.02. The van der Waals surface area contributed by atoms with E-state index in [4.69, 9.17) is 0 Å². The maximum Gasteiger partial charge on any atom is 0.159 e. The van der Waals surface area contributed by atoms with Crippen molar-refractivity contribution < 1.29 is 4.79 Å². The van der Waals surface area contributed by atoms with Crippen molar-refractivity contribution >= 4 is 17.1 Å². The lowest BCUT2D eigenvalue weighted by molar-refractivity contribution is 0.101. The molecule has 0 aliphatic rings. The lowest BCUT2D eigenvalue weighted by Crippen LogP contribution is -1.94. The molecule has 0 bridgehead atoms. The van der Waals surface area contributed by atoms with Crippen molar-refractivity contribution in [1.82, 2.24) is 4.98 Å². The van der Waals surface area contributed by atoms with Gasteiger partial charge in [0.1, 0.15) is 0 Å². The van der Waals surface area contributed by atoms with Gasteiger partial charge >= 0.3 is 0 Å². The summed E-state index contributed by atoms with van der Waals surface area (Å²) in [7, 11) is 0. The zero-order chi connectivity index (χ0) is 10.7. The molecule has 0 spiro atoms.